The predicted octanol–water partition coefficient (Wildman–Crippen LogP) is 2.77. The zero-order valence-corrected chi connectivity index (χ0v) is 12.2. The van der Waals surface area contributed by atoms with Gasteiger partial charge in [0.2, 0.25) is 0 Å². The van der Waals surface area contributed by atoms with Crippen molar-refractivity contribution in [2.75, 3.05) is 0 Å². The number of halogens is 1. The Balaban J connectivity index is 1.92. The zero-order valence-electron chi connectivity index (χ0n) is 12.2. The van der Waals surface area contributed by atoms with Crippen LogP contribution in [0.3, 0.4) is 0 Å². The summed E-state index contributed by atoms with van der Waals surface area (Å²) in [4.78, 5) is 20.7. The van der Waals surface area contributed by atoms with E-state index in [4.69, 9.17) is 4.74 Å². The second kappa shape index (κ2) is 5.55. The molecule has 0 aliphatic carbocycles. The van der Waals surface area contributed by atoms with Gasteiger partial charge in [-0.25, -0.2) is 14.2 Å². The quantitative estimate of drug-likeness (QED) is 0.698. The monoisotopic (exact) mass is 299 g/mol. The normalized spacial score (nSPS) is 10.9. The van der Waals surface area contributed by atoms with Crippen molar-refractivity contribution in [1.29, 1.82) is 0 Å². The number of carbonyl (C=O) groups is 1. The first kappa shape index (κ1) is 14.2. The molecule has 3 rings (SSSR count). The highest BCUT2D eigenvalue weighted by Crippen LogP contribution is 2.20. The lowest BCUT2D eigenvalue weighted by molar-refractivity contribution is 0.0461. The molecule has 0 saturated carbocycles. The summed E-state index contributed by atoms with van der Waals surface area (Å²) in [5, 5.41) is 0.567. The number of nitrogens with zero attached hydrogens (tertiary/aromatic N) is 3. The van der Waals surface area contributed by atoms with E-state index in [9.17, 15) is 9.18 Å². The van der Waals surface area contributed by atoms with Crippen molar-refractivity contribution in [2.24, 2.45) is 7.05 Å². The summed E-state index contributed by atoms with van der Waals surface area (Å²) in [5.41, 5.74) is 1.43. The van der Waals surface area contributed by atoms with Gasteiger partial charge in [0, 0.05) is 36.6 Å². The Kier molecular flexibility index (Phi) is 3.58. The topological polar surface area (TPSA) is 57.0 Å². The van der Waals surface area contributed by atoms with Crippen LogP contribution in [0.4, 0.5) is 4.39 Å². The Labute approximate surface area is 126 Å². The maximum atomic E-state index is 13.3. The maximum absolute atomic E-state index is 13.3. The van der Waals surface area contributed by atoms with Crippen LogP contribution in [0.1, 0.15) is 21.9 Å². The summed E-state index contributed by atoms with van der Waals surface area (Å²) >= 11 is 0. The standard InChI is InChI=1S/C16H14FN3O2/c1-10-7-13(12-4-3-11(17)8-14(12)19-10)16(21)22-9-15-18-5-6-20(15)2/h3-8H,9H2,1-2H3. The molecular formula is C16H14FN3O2. The van der Waals surface area contributed by atoms with Crippen LogP contribution in [0.25, 0.3) is 10.9 Å². The summed E-state index contributed by atoms with van der Waals surface area (Å²) in [5.74, 6) is -0.225. The highest BCUT2D eigenvalue weighted by molar-refractivity contribution is 6.03. The maximum Gasteiger partial charge on any atom is 0.339 e. The number of benzene rings is 1. The molecule has 3 aromatic rings. The van der Waals surface area contributed by atoms with Crippen LogP contribution in [0.15, 0.2) is 36.7 Å². The molecule has 0 spiro atoms. The minimum atomic E-state index is -0.481. The van der Waals surface area contributed by atoms with Gasteiger partial charge >= 0.3 is 5.97 Å². The molecule has 0 fully saturated rings. The van der Waals surface area contributed by atoms with E-state index >= 15 is 0 Å². The number of fused-ring (bicyclic) bond motifs is 1. The van der Waals surface area contributed by atoms with Gasteiger partial charge in [-0.3, -0.25) is 4.98 Å². The van der Waals surface area contributed by atoms with Gasteiger partial charge in [-0.15, -0.1) is 0 Å². The summed E-state index contributed by atoms with van der Waals surface area (Å²) in [6.45, 7) is 1.83. The average Bonchev–Trinajstić information content (AvgIpc) is 2.88. The van der Waals surface area contributed by atoms with Crippen LogP contribution in [0.2, 0.25) is 0 Å². The van der Waals surface area contributed by atoms with E-state index in [2.05, 4.69) is 9.97 Å². The van der Waals surface area contributed by atoms with Crippen molar-refractivity contribution in [1.82, 2.24) is 14.5 Å². The third-order valence-electron chi connectivity index (χ3n) is 3.37. The molecule has 22 heavy (non-hydrogen) atoms. The van der Waals surface area contributed by atoms with Crippen molar-refractivity contribution < 1.29 is 13.9 Å². The third kappa shape index (κ3) is 2.67. The van der Waals surface area contributed by atoms with Crippen molar-refractivity contribution in [3.63, 3.8) is 0 Å². The molecule has 0 N–H and O–H groups in total. The molecule has 0 amide bonds. The fraction of sp³-hybridized carbons (Fsp3) is 0.188. The smallest absolute Gasteiger partial charge is 0.339 e. The Morgan fingerprint density at radius 2 is 2.18 bits per heavy atom. The Morgan fingerprint density at radius 1 is 1.36 bits per heavy atom. The average molecular weight is 299 g/mol. The molecule has 112 valence electrons. The van der Waals surface area contributed by atoms with Gasteiger partial charge in [-0.2, -0.15) is 0 Å². The van der Waals surface area contributed by atoms with Gasteiger partial charge in [0.05, 0.1) is 11.1 Å². The fourth-order valence-electron chi connectivity index (χ4n) is 2.25. The number of carbonyl (C=O) groups excluding carboxylic acids is 1. The van der Waals surface area contributed by atoms with Gasteiger partial charge in [-0.1, -0.05) is 0 Å². The first-order chi connectivity index (χ1) is 10.5. The van der Waals surface area contributed by atoms with Crippen LogP contribution in [0, 0.1) is 12.7 Å². The van der Waals surface area contributed by atoms with Gasteiger partial charge in [0.15, 0.2) is 0 Å². The summed E-state index contributed by atoms with van der Waals surface area (Å²) < 4.78 is 20.4. The molecule has 0 atom stereocenters. The van der Waals surface area contributed by atoms with E-state index in [1.54, 1.807) is 30.0 Å². The van der Waals surface area contributed by atoms with Crippen molar-refractivity contribution in [2.45, 2.75) is 13.5 Å². The van der Waals surface area contributed by atoms with Gasteiger partial charge in [0.25, 0.3) is 0 Å². The van der Waals surface area contributed by atoms with Crippen LogP contribution >= 0.6 is 0 Å². The number of esters is 1. The number of aromatic nitrogens is 3. The molecule has 6 heteroatoms. The number of aryl methyl sites for hydroxylation is 2. The number of ether oxygens (including phenoxy) is 1. The highest BCUT2D eigenvalue weighted by atomic mass is 19.1. The first-order valence-corrected chi connectivity index (χ1v) is 6.75. The van der Waals surface area contributed by atoms with Crippen molar-refractivity contribution >= 4 is 16.9 Å². The second-order valence-electron chi connectivity index (χ2n) is 5.00. The summed E-state index contributed by atoms with van der Waals surface area (Å²) in [6.07, 6.45) is 3.41. The van der Waals surface area contributed by atoms with Crippen molar-refractivity contribution in [3.8, 4) is 0 Å². The van der Waals surface area contributed by atoms with E-state index in [0.717, 1.165) is 0 Å². The van der Waals surface area contributed by atoms with E-state index < -0.39 is 11.8 Å². The molecule has 0 aliphatic rings. The van der Waals surface area contributed by atoms with Crippen LogP contribution in [-0.4, -0.2) is 20.5 Å². The summed E-state index contributed by atoms with van der Waals surface area (Å²) in [7, 11) is 1.82. The highest BCUT2D eigenvalue weighted by Gasteiger charge is 2.15. The van der Waals surface area contributed by atoms with E-state index in [0.29, 0.717) is 28.0 Å². The molecule has 0 bridgehead atoms. The molecule has 0 aliphatic heterocycles. The van der Waals surface area contributed by atoms with E-state index in [1.807, 2.05) is 7.05 Å². The molecule has 0 saturated heterocycles. The van der Waals surface area contributed by atoms with Crippen LogP contribution in [-0.2, 0) is 18.4 Å². The first-order valence-electron chi connectivity index (χ1n) is 6.75. The predicted molar refractivity (Wildman–Crippen MR) is 78.8 cm³/mol. The molecule has 5 nitrogen and oxygen atoms in total. The van der Waals surface area contributed by atoms with E-state index in [1.165, 1.54) is 18.2 Å². The van der Waals surface area contributed by atoms with Gasteiger partial charge < -0.3 is 9.30 Å². The second-order valence-corrected chi connectivity index (χ2v) is 5.00. The molecule has 0 unspecified atom stereocenters. The number of hydrogen-bond acceptors (Lipinski definition) is 4. The number of rotatable bonds is 3. The third-order valence-corrected chi connectivity index (χ3v) is 3.37. The Morgan fingerprint density at radius 3 is 2.91 bits per heavy atom. The molecular weight excluding hydrogens is 285 g/mol. The van der Waals surface area contributed by atoms with Crippen LogP contribution < -0.4 is 0 Å². The lowest BCUT2D eigenvalue weighted by atomic mass is 10.1. The SMILES string of the molecule is Cc1cc(C(=O)OCc2nccn2C)c2ccc(F)cc2n1. The molecule has 1 aromatic carbocycles. The minimum absolute atomic E-state index is 0.0758. The van der Waals surface area contributed by atoms with Gasteiger partial charge in [0.1, 0.15) is 18.2 Å². The fourth-order valence-corrected chi connectivity index (χ4v) is 2.25. The molecule has 2 heterocycles. The Bertz CT molecular complexity index is 852. The lowest BCUT2D eigenvalue weighted by Crippen LogP contribution is -2.09. The number of imidazole rings is 1. The number of hydrogen-bond donors (Lipinski definition) is 0. The number of pyridine rings is 1. The molecule has 2 aromatic heterocycles. The largest absolute Gasteiger partial charge is 0.454 e. The summed E-state index contributed by atoms with van der Waals surface area (Å²) in [6, 6.07) is 5.78. The van der Waals surface area contributed by atoms with Crippen molar-refractivity contribution in [3.05, 3.63) is 59.6 Å². The van der Waals surface area contributed by atoms with Gasteiger partial charge in [-0.05, 0) is 25.1 Å². The van der Waals surface area contributed by atoms with Crippen LogP contribution in [0.5, 0.6) is 0 Å². The lowest BCUT2D eigenvalue weighted by Gasteiger charge is -2.08. The zero-order chi connectivity index (χ0) is 15.7. The minimum Gasteiger partial charge on any atom is -0.454 e. The van der Waals surface area contributed by atoms with E-state index in [-0.39, 0.29) is 6.61 Å². The molecule has 0 radical (unpaired) electrons. The Hall–Kier alpha value is -2.76.